The van der Waals surface area contributed by atoms with Crippen LogP contribution < -0.4 is 5.73 Å². The van der Waals surface area contributed by atoms with Crippen LogP contribution in [0.5, 0.6) is 0 Å². The molecule has 3 heterocycles. The van der Waals surface area contributed by atoms with E-state index in [1.54, 1.807) is 18.7 Å². The second kappa shape index (κ2) is 4.10. The van der Waals surface area contributed by atoms with Crippen molar-refractivity contribution in [1.82, 2.24) is 19.4 Å². The van der Waals surface area contributed by atoms with Crippen LogP contribution in [0, 0.1) is 0 Å². The van der Waals surface area contributed by atoms with Gasteiger partial charge in [-0.05, 0) is 24.1 Å². The third kappa shape index (κ3) is 1.60. The van der Waals surface area contributed by atoms with Gasteiger partial charge >= 0.3 is 0 Å². The molecule has 90 valence electrons. The minimum atomic E-state index is 0.294. The van der Waals surface area contributed by atoms with Crippen molar-refractivity contribution in [2.24, 2.45) is 0 Å². The molecule has 5 heteroatoms. The van der Waals surface area contributed by atoms with Gasteiger partial charge in [0, 0.05) is 24.2 Å². The Balaban J connectivity index is 2.28. The van der Waals surface area contributed by atoms with Crippen LogP contribution in [0.1, 0.15) is 12.5 Å². The fourth-order valence-corrected chi connectivity index (χ4v) is 2.20. The van der Waals surface area contributed by atoms with Crippen LogP contribution in [-0.4, -0.2) is 19.4 Å². The minimum Gasteiger partial charge on any atom is -0.368 e. The quantitative estimate of drug-likeness (QED) is 0.742. The molecule has 5 nitrogen and oxygen atoms in total. The fraction of sp³-hybridized carbons (Fsp3) is 0.154. The molecule has 0 saturated carbocycles. The maximum atomic E-state index is 5.64. The van der Waals surface area contributed by atoms with Gasteiger partial charge in [-0.1, -0.05) is 6.92 Å². The molecule has 0 amide bonds. The van der Waals surface area contributed by atoms with Crippen molar-refractivity contribution in [2.45, 2.75) is 13.3 Å². The molecule has 0 aromatic carbocycles. The van der Waals surface area contributed by atoms with Crippen LogP contribution in [0.15, 0.2) is 37.1 Å². The molecule has 0 aliphatic heterocycles. The highest BCUT2D eigenvalue weighted by Gasteiger charge is 2.12. The first-order valence-electron chi connectivity index (χ1n) is 5.82. The molecule has 3 aromatic heterocycles. The van der Waals surface area contributed by atoms with E-state index < -0.39 is 0 Å². The van der Waals surface area contributed by atoms with Crippen LogP contribution >= 0.6 is 0 Å². The Morgan fingerprint density at radius 1 is 1.28 bits per heavy atom. The lowest BCUT2D eigenvalue weighted by atomic mass is 10.1. The Hall–Kier alpha value is -2.43. The molecule has 0 bridgehead atoms. The monoisotopic (exact) mass is 239 g/mol. The second-order valence-corrected chi connectivity index (χ2v) is 4.05. The van der Waals surface area contributed by atoms with Gasteiger partial charge in [-0.3, -0.25) is 0 Å². The summed E-state index contributed by atoms with van der Waals surface area (Å²) >= 11 is 0. The minimum absolute atomic E-state index is 0.294. The van der Waals surface area contributed by atoms with E-state index in [9.17, 15) is 0 Å². The first kappa shape index (κ1) is 10.7. The van der Waals surface area contributed by atoms with E-state index in [0.717, 1.165) is 23.2 Å². The summed E-state index contributed by atoms with van der Waals surface area (Å²) in [6.45, 7) is 2.13. The van der Waals surface area contributed by atoms with Crippen molar-refractivity contribution in [3.63, 3.8) is 0 Å². The molecule has 18 heavy (non-hydrogen) atoms. The van der Waals surface area contributed by atoms with Crippen molar-refractivity contribution >= 4 is 11.5 Å². The molecule has 2 N–H and O–H groups in total. The number of nitrogens with two attached hydrogens (primary N) is 1. The van der Waals surface area contributed by atoms with Crippen LogP contribution in [0.4, 0.5) is 5.95 Å². The number of hydrogen-bond acceptors (Lipinski definition) is 4. The second-order valence-electron chi connectivity index (χ2n) is 4.05. The molecule has 0 saturated heterocycles. The zero-order valence-electron chi connectivity index (χ0n) is 10.0. The summed E-state index contributed by atoms with van der Waals surface area (Å²) in [5, 5.41) is 0. The molecular formula is C13H13N5. The number of nitrogen functional groups attached to an aromatic ring is 1. The molecule has 0 radical (unpaired) electrons. The van der Waals surface area contributed by atoms with Crippen molar-refractivity contribution in [1.29, 1.82) is 0 Å². The maximum absolute atomic E-state index is 5.64. The lowest BCUT2D eigenvalue weighted by Crippen LogP contribution is -1.95. The molecule has 0 unspecified atom stereocenters. The van der Waals surface area contributed by atoms with Crippen LogP contribution in [0.25, 0.3) is 16.8 Å². The maximum Gasteiger partial charge on any atom is 0.220 e. The average Bonchev–Trinajstić information content (AvgIpc) is 2.77. The normalized spacial score (nSPS) is 10.9. The summed E-state index contributed by atoms with van der Waals surface area (Å²) in [5.41, 5.74) is 9.97. The summed E-state index contributed by atoms with van der Waals surface area (Å²) in [5.74, 6) is 0.294. The summed E-state index contributed by atoms with van der Waals surface area (Å²) in [7, 11) is 0. The predicted octanol–water partition coefficient (Wildman–Crippen LogP) is 1.94. The van der Waals surface area contributed by atoms with Gasteiger partial charge in [0.1, 0.15) is 0 Å². The first-order valence-corrected chi connectivity index (χ1v) is 5.82. The standard InChI is InChI=1S/C13H13N5/c1-2-9-10(11-3-6-16-13(14)17-11)7-18-8-15-5-4-12(9)18/h3-8H,2H2,1H3,(H2,14,16,17). The van der Waals surface area contributed by atoms with Gasteiger partial charge in [-0.15, -0.1) is 0 Å². The summed E-state index contributed by atoms with van der Waals surface area (Å²) < 4.78 is 2.01. The molecular weight excluding hydrogens is 226 g/mol. The zero-order valence-corrected chi connectivity index (χ0v) is 10.0. The molecule has 0 spiro atoms. The van der Waals surface area contributed by atoms with E-state index in [1.807, 2.05) is 22.7 Å². The van der Waals surface area contributed by atoms with Crippen LogP contribution in [0.3, 0.4) is 0 Å². The van der Waals surface area contributed by atoms with E-state index in [0.29, 0.717) is 5.95 Å². The third-order valence-electron chi connectivity index (χ3n) is 2.99. The zero-order chi connectivity index (χ0) is 12.5. The summed E-state index contributed by atoms with van der Waals surface area (Å²) in [6.07, 6.45) is 8.23. The highest BCUT2D eigenvalue weighted by molar-refractivity contribution is 5.74. The third-order valence-corrected chi connectivity index (χ3v) is 2.99. The number of aryl methyl sites for hydroxylation is 1. The van der Waals surface area contributed by atoms with Gasteiger partial charge in [0.2, 0.25) is 5.95 Å². The van der Waals surface area contributed by atoms with Gasteiger partial charge in [0.25, 0.3) is 0 Å². The van der Waals surface area contributed by atoms with Crippen LogP contribution in [-0.2, 0) is 6.42 Å². The Morgan fingerprint density at radius 3 is 2.94 bits per heavy atom. The van der Waals surface area contributed by atoms with Gasteiger partial charge in [-0.25, -0.2) is 15.0 Å². The van der Waals surface area contributed by atoms with Gasteiger partial charge in [0.15, 0.2) is 0 Å². The van der Waals surface area contributed by atoms with Gasteiger partial charge in [-0.2, -0.15) is 0 Å². The topological polar surface area (TPSA) is 69.1 Å². The van der Waals surface area contributed by atoms with E-state index in [1.165, 1.54) is 5.56 Å². The number of nitrogens with zero attached hydrogens (tertiary/aromatic N) is 4. The van der Waals surface area contributed by atoms with E-state index in [-0.39, 0.29) is 0 Å². The smallest absolute Gasteiger partial charge is 0.220 e. The van der Waals surface area contributed by atoms with Crippen molar-refractivity contribution < 1.29 is 0 Å². The number of anilines is 1. The van der Waals surface area contributed by atoms with Gasteiger partial charge in [0.05, 0.1) is 17.5 Å². The molecule has 0 atom stereocenters. The highest BCUT2D eigenvalue weighted by atomic mass is 15.0. The highest BCUT2D eigenvalue weighted by Crippen LogP contribution is 2.27. The van der Waals surface area contributed by atoms with Crippen molar-refractivity contribution in [3.05, 3.63) is 42.6 Å². The molecule has 0 fully saturated rings. The largest absolute Gasteiger partial charge is 0.368 e. The van der Waals surface area contributed by atoms with E-state index in [4.69, 9.17) is 5.73 Å². The molecule has 0 aliphatic rings. The number of rotatable bonds is 2. The molecule has 0 aliphatic carbocycles. The predicted molar refractivity (Wildman–Crippen MR) is 70.0 cm³/mol. The Kier molecular flexibility index (Phi) is 2.44. The first-order chi connectivity index (χ1) is 8.79. The SMILES string of the molecule is CCc1c(-c2ccnc(N)n2)cn2cnccc12. The Labute approximate surface area is 104 Å². The molecule has 3 rings (SSSR count). The number of aromatic nitrogens is 4. The Morgan fingerprint density at radius 2 is 2.17 bits per heavy atom. The fourth-order valence-electron chi connectivity index (χ4n) is 2.20. The van der Waals surface area contributed by atoms with E-state index in [2.05, 4.69) is 21.9 Å². The molecule has 3 aromatic rings. The summed E-state index contributed by atoms with van der Waals surface area (Å²) in [4.78, 5) is 12.3. The van der Waals surface area contributed by atoms with Crippen molar-refractivity contribution in [3.8, 4) is 11.3 Å². The lowest BCUT2D eigenvalue weighted by Gasteiger charge is -2.01. The van der Waals surface area contributed by atoms with Crippen molar-refractivity contribution in [2.75, 3.05) is 5.73 Å². The van der Waals surface area contributed by atoms with Crippen LogP contribution in [0.2, 0.25) is 0 Å². The number of hydrogen-bond donors (Lipinski definition) is 1. The number of fused-ring (bicyclic) bond motifs is 1. The summed E-state index contributed by atoms with van der Waals surface area (Å²) in [6, 6.07) is 3.88. The average molecular weight is 239 g/mol. The van der Waals surface area contributed by atoms with E-state index >= 15 is 0 Å². The lowest BCUT2D eigenvalue weighted by molar-refractivity contribution is 1.08. The van der Waals surface area contributed by atoms with Gasteiger partial charge < -0.3 is 10.1 Å². The Bertz CT molecular complexity index is 701.